The SMILES string of the molecule is CC(c1cc2ccccc2o1)N(C)C(=O)c1cc(N)c[nH]1. The molecule has 0 fully saturated rings. The smallest absolute Gasteiger partial charge is 0.270 e. The van der Waals surface area contributed by atoms with Gasteiger partial charge in [0, 0.05) is 24.3 Å². The number of nitrogens with zero attached hydrogens (tertiary/aromatic N) is 1. The van der Waals surface area contributed by atoms with Gasteiger partial charge in [0.15, 0.2) is 0 Å². The van der Waals surface area contributed by atoms with E-state index in [-0.39, 0.29) is 11.9 Å². The minimum absolute atomic E-state index is 0.125. The van der Waals surface area contributed by atoms with Crippen molar-refractivity contribution >= 4 is 22.6 Å². The number of anilines is 1. The molecule has 21 heavy (non-hydrogen) atoms. The third kappa shape index (κ3) is 2.38. The van der Waals surface area contributed by atoms with E-state index in [9.17, 15) is 4.79 Å². The molecular weight excluding hydrogens is 266 g/mol. The first-order chi connectivity index (χ1) is 10.1. The summed E-state index contributed by atoms with van der Waals surface area (Å²) in [7, 11) is 1.75. The quantitative estimate of drug-likeness (QED) is 0.775. The second kappa shape index (κ2) is 5.01. The number of para-hydroxylation sites is 1. The van der Waals surface area contributed by atoms with Gasteiger partial charge in [0.25, 0.3) is 5.91 Å². The largest absolute Gasteiger partial charge is 0.459 e. The lowest BCUT2D eigenvalue weighted by molar-refractivity contribution is 0.0722. The van der Waals surface area contributed by atoms with Crippen LogP contribution in [0.15, 0.2) is 47.0 Å². The van der Waals surface area contributed by atoms with Crippen LogP contribution >= 0.6 is 0 Å². The number of rotatable bonds is 3. The molecule has 1 amide bonds. The number of H-pyrrole nitrogens is 1. The maximum atomic E-state index is 12.4. The summed E-state index contributed by atoms with van der Waals surface area (Å²) in [6.45, 7) is 1.93. The Hall–Kier alpha value is -2.69. The first kappa shape index (κ1) is 13.3. The van der Waals surface area contributed by atoms with Crippen LogP contribution in [0.3, 0.4) is 0 Å². The minimum Gasteiger partial charge on any atom is -0.459 e. The summed E-state index contributed by atoms with van der Waals surface area (Å²) in [4.78, 5) is 16.9. The summed E-state index contributed by atoms with van der Waals surface area (Å²) in [5.74, 6) is 0.631. The van der Waals surface area contributed by atoms with Crippen molar-refractivity contribution in [1.82, 2.24) is 9.88 Å². The number of nitrogen functional groups attached to an aromatic ring is 1. The average Bonchev–Trinajstić information content (AvgIpc) is 3.10. The monoisotopic (exact) mass is 283 g/mol. The second-order valence-electron chi connectivity index (χ2n) is 5.13. The van der Waals surface area contributed by atoms with Crippen molar-refractivity contribution in [3.63, 3.8) is 0 Å². The van der Waals surface area contributed by atoms with Gasteiger partial charge in [-0.15, -0.1) is 0 Å². The lowest BCUT2D eigenvalue weighted by atomic mass is 10.2. The van der Waals surface area contributed by atoms with Gasteiger partial charge in [-0.05, 0) is 25.1 Å². The molecule has 5 heteroatoms. The number of furan rings is 1. The molecule has 108 valence electrons. The number of carbonyl (C=O) groups is 1. The highest BCUT2D eigenvalue weighted by Crippen LogP contribution is 2.27. The zero-order chi connectivity index (χ0) is 15.0. The molecule has 0 aliphatic rings. The normalized spacial score (nSPS) is 12.5. The van der Waals surface area contributed by atoms with Crippen LogP contribution in [-0.4, -0.2) is 22.8 Å². The molecule has 3 N–H and O–H groups in total. The highest BCUT2D eigenvalue weighted by Gasteiger charge is 2.22. The molecule has 5 nitrogen and oxygen atoms in total. The molecule has 0 spiro atoms. The van der Waals surface area contributed by atoms with E-state index < -0.39 is 0 Å². The molecule has 0 bridgehead atoms. The van der Waals surface area contributed by atoms with Gasteiger partial charge in [-0.3, -0.25) is 4.79 Å². The van der Waals surface area contributed by atoms with Crippen LogP contribution in [0.25, 0.3) is 11.0 Å². The van der Waals surface area contributed by atoms with E-state index >= 15 is 0 Å². The van der Waals surface area contributed by atoms with E-state index in [0.717, 1.165) is 16.7 Å². The van der Waals surface area contributed by atoms with E-state index in [2.05, 4.69) is 4.98 Å². The van der Waals surface area contributed by atoms with Crippen LogP contribution < -0.4 is 5.73 Å². The Balaban J connectivity index is 1.86. The predicted octanol–water partition coefficient (Wildman–Crippen LogP) is 3.18. The first-order valence-electron chi connectivity index (χ1n) is 6.76. The van der Waals surface area contributed by atoms with Crippen LogP contribution in [0.5, 0.6) is 0 Å². The van der Waals surface area contributed by atoms with Crippen molar-refractivity contribution in [3.05, 3.63) is 54.0 Å². The summed E-state index contributed by atoms with van der Waals surface area (Å²) in [6.07, 6.45) is 1.60. The van der Waals surface area contributed by atoms with Crippen molar-refractivity contribution in [2.24, 2.45) is 0 Å². The van der Waals surface area contributed by atoms with E-state index in [4.69, 9.17) is 10.2 Å². The Morgan fingerprint density at radius 2 is 2.10 bits per heavy atom. The maximum Gasteiger partial charge on any atom is 0.270 e. The molecule has 3 aromatic rings. The van der Waals surface area contributed by atoms with Gasteiger partial charge in [-0.2, -0.15) is 0 Å². The van der Waals surface area contributed by atoms with Gasteiger partial charge >= 0.3 is 0 Å². The van der Waals surface area contributed by atoms with Crippen molar-refractivity contribution in [1.29, 1.82) is 0 Å². The van der Waals surface area contributed by atoms with Crippen molar-refractivity contribution in [2.45, 2.75) is 13.0 Å². The summed E-state index contributed by atoms with van der Waals surface area (Å²) in [5, 5.41) is 1.03. The fourth-order valence-corrected chi connectivity index (χ4v) is 2.30. The number of aromatic nitrogens is 1. The Kier molecular flexibility index (Phi) is 3.17. The van der Waals surface area contributed by atoms with Crippen molar-refractivity contribution < 1.29 is 9.21 Å². The van der Waals surface area contributed by atoms with Gasteiger partial charge in [-0.1, -0.05) is 18.2 Å². The number of nitrogens with one attached hydrogen (secondary N) is 1. The fourth-order valence-electron chi connectivity index (χ4n) is 2.30. The van der Waals surface area contributed by atoms with Crippen LogP contribution in [0.2, 0.25) is 0 Å². The van der Waals surface area contributed by atoms with Gasteiger partial charge < -0.3 is 20.0 Å². The molecule has 2 heterocycles. The molecule has 0 saturated heterocycles. The number of carbonyl (C=O) groups excluding carboxylic acids is 1. The molecule has 0 radical (unpaired) electrons. The molecule has 1 aromatic carbocycles. The fraction of sp³-hybridized carbons (Fsp3) is 0.188. The Bertz CT molecular complexity index is 755. The highest BCUT2D eigenvalue weighted by molar-refractivity contribution is 5.93. The number of fused-ring (bicyclic) bond motifs is 1. The Morgan fingerprint density at radius 3 is 2.76 bits per heavy atom. The van der Waals surface area contributed by atoms with Gasteiger partial charge in [-0.25, -0.2) is 0 Å². The summed E-state index contributed by atoms with van der Waals surface area (Å²) in [6, 6.07) is 11.2. The van der Waals surface area contributed by atoms with Crippen LogP contribution in [-0.2, 0) is 0 Å². The predicted molar refractivity (Wildman–Crippen MR) is 81.9 cm³/mol. The topological polar surface area (TPSA) is 75.3 Å². The van der Waals surface area contributed by atoms with Crippen LogP contribution in [0.1, 0.15) is 29.2 Å². The lowest BCUT2D eigenvalue weighted by Crippen LogP contribution is -2.29. The maximum absolute atomic E-state index is 12.4. The average molecular weight is 283 g/mol. The Morgan fingerprint density at radius 1 is 1.33 bits per heavy atom. The van der Waals surface area contributed by atoms with Crippen molar-refractivity contribution in [3.8, 4) is 0 Å². The second-order valence-corrected chi connectivity index (χ2v) is 5.13. The molecule has 0 aliphatic carbocycles. The summed E-state index contributed by atoms with van der Waals surface area (Å²) >= 11 is 0. The number of benzene rings is 1. The number of aromatic amines is 1. The number of nitrogens with two attached hydrogens (primary N) is 1. The zero-order valence-electron chi connectivity index (χ0n) is 12.0. The number of hydrogen-bond acceptors (Lipinski definition) is 3. The van der Waals surface area contributed by atoms with E-state index in [1.807, 2.05) is 37.3 Å². The number of hydrogen-bond donors (Lipinski definition) is 2. The lowest BCUT2D eigenvalue weighted by Gasteiger charge is -2.22. The van der Waals surface area contributed by atoms with Crippen molar-refractivity contribution in [2.75, 3.05) is 12.8 Å². The molecule has 0 saturated carbocycles. The number of amides is 1. The van der Waals surface area contributed by atoms with E-state index in [1.165, 1.54) is 0 Å². The first-order valence-corrected chi connectivity index (χ1v) is 6.76. The summed E-state index contributed by atoms with van der Waals surface area (Å²) in [5.41, 5.74) is 7.47. The molecule has 1 unspecified atom stereocenters. The minimum atomic E-state index is -0.172. The molecule has 1 atom stereocenters. The van der Waals surface area contributed by atoms with Crippen LogP contribution in [0, 0.1) is 0 Å². The molecule has 0 aliphatic heterocycles. The summed E-state index contributed by atoms with van der Waals surface area (Å²) < 4.78 is 5.81. The third-order valence-electron chi connectivity index (χ3n) is 3.69. The van der Waals surface area contributed by atoms with E-state index in [1.54, 1.807) is 24.2 Å². The van der Waals surface area contributed by atoms with Gasteiger partial charge in [0.1, 0.15) is 17.0 Å². The van der Waals surface area contributed by atoms with Gasteiger partial charge in [0.05, 0.1) is 6.04 Å². The molecular formula is C16H17N3O2. The highest BCUT2D eigenvalue weighted by atomic mass is 16.3. The third-order valence-corrected chi connectivity index (χ3v) is 3.69. The molecule has 3 rings (SSSR count). The Labute approximate surface area is 122 Å². The van der Waals surface area contributed by atoms with E-state index in [0.29, 0.717) is 11.4 Å². The van der Waals surface area contributed by atoms with Gasteiger partial charge in [0.2, 0.25) is 0 Å². The van der Waals surface area contributed by atoms with Crippen LogP contribution in [0.4, 0.5) is 5.69 Å². The molecule has 2 aromatic heterocycles. The zero-order valence-corrected chi connectivity index (χ0v) is 12.0. The standard InChI is InChI=1S/C16H17N3O2/c1-10(15-7-11-5-3-4-6-14(11)21-15)19(2)16(20)13-8-12(17)9-18-13/h3-10,18H,17H2,1-2H3.